The second-order valence-corrected chi connectivity index (χ2v) is 7.61. The third-order valence-electron chi connectivity index (χ3n) is 5.11. The van der Waals surface area contributed by atoms with Crippen molar-refractivity contribution in [2.75, 3.05) is 18.0 Å². The Morgan fingerprint density at radius 1 is 1.19 bits per heavy atom. The lowest BCUT2D eigenvalue weighted by Crippen LogP contribution is -2.40. The molecule has 0 aromatic carbocycles. The van der Waals surface area contributed by atoms with Crippen LogP contribution in [0.2, 0.25) is 0 Å². The van der Waals surface area contributed by atoms with Crippen molar-refractivity contribution < 1.29 is 4.52 Å². The van der Waals surface area contributed by atoms with E-state index in [1.54, 1.807) is 6.20 Å². The summed E-state index contributed by atoms with van der Waals surface area (Å²) in [6.07, 6.45) is 5.71. The standard InChI is InChI=1S/C19H25N7O/c1-13-6-11-26(23-13)19(2,3)18-22-17(24-27-18)14-4-5-16(21-12-14)25-9-7-15(20)8-10-25/h4-6,11-12,15H,7-10,20H2,1-3H3. The van der Waals surface area contributed by atoms with Gasteiger partial charge in [-0.15, -0.1) is 0 Å². The maximum absolute atomic E-state index is 5.98. The molecule has 0 aliphatic carbocycles. The lowest BCUT2D eigenvalue weighted by atomic mass is 10.1. The molecule has 0 amide bonds. The van der Waals surface area contributed by atoms with E-state index in [9.17, 15) is 0 Å². The molecule has 8 heteroatoms. The number of aromatic nitrogens is 5. The van der Waals surface area contributed by atoms with E-state index in [0.717, 1.165) is 43.0 Å². The first-order chi connectivity index (χ1) is 12.9. The molecule has 3 aromatic rings. The van der Waals surface area contributed by atoms with E-state index in [2.05, 4.69) is 25.1 Å². The van der Waals surface area contributed by atoms with Gasteiger partial charge in [0.2, 0.25) is 5.82 Å². The molecule has 1 aliphatic rings. The fraction of sp³-hybridized carbons (Fsp3) is 0.474. The Labute approximate surface area is 158 Å². The summed E-state index contributed by atoms with van der Waals surface area (Å²) >= 11 is 0. The van der Waals surface area contributed by atoms with E-state index in [0.29, 0.717) is 17.8 Å². The van der Waals surface area contributed by atoms with Crippen molar-refractivity contribution in [2.45, 2.75) is 45.2 Å². The fourth-order valence-corrected chi connectivity index (χ4v) is 3.25. The van der Waals surface area contributed by atoms with Crippen LogP contribution in [-0.4, -0.2) is 44.0 Å². The third kappa shape index (κ3) is 3.44. The molecule has 1 fully saturated rings. The topological polar surface area (TPSA) is 98.9 Å². The Kier molecular flexibility index (Phi) is 4.43. The highest BCUT2D eigenvalue weighted by Gasteiger charge is 2.31. The zero-order valence-corrected chi connectivity index (χ0v) is 16.0. The highest BCUT2D eigenvalue weighted by Crippen LogP contribution is 2.26. The van der Waals surface area contributed by atoms with Crippen LogP contribution in [0, 0.1) is 6.92 Å². The Morgan fingerprint density at radius 2 is 1.96 bits per heavy atom. The molecule has 27 heavy (non-hydrogen) atoms. The zero-order valence-electron chi connectivity index (χ0n) is 16.0. The average molecular weight is 367 g/mol. The zero-order chi connectivity index (χ0) is 19.0. The smallest absolute Gasteiger partial charge is 0.254 e. The van der Waals surface area contributed by atoms with Crippen LogP contribution in [0.5, 0.6) is 0 Å². The largest absolute Gasteiger partial charge is 0.357 e. The molecule has 3 aromatic heterocycles. The van der Waals surface area contributed by atoms with Crippen LogP contribution in [0.3, 0.4) is 0 Å². The van der Waals surface area contributed by atoms with Gasteiger partial charge in [0, 0.05) is 37.1 Å². The van der Waals surface area contributed by atoms with Crippen LogP contribution >= 0.6 is 0 Å². The van der Waals surface area contributed by atoms with Gasteiger partial charge >= 0.3 is 0 Å². The second-order valence-electron chi connectivity index (χ2n) is 7.61. The minimum absolute atomic E-state index is 0.306. The highest BCUT2D eigenvalue weighted by molar-refractivity contribution is 5.56. The van der Waals surface area contributed by atoms with Gasteiger partial charge in [-0.05, 0) is 51.8 Å². The van der Waals surface area contributed by atoms with Gasteiger partial charge in [0.25, 0.3) is 5.89 Å². The maximum atomic E-state index is 5.98. The summed E-state index contributed by atoms with van der Waals surface area (Å²) in [7, 11) is 0. The number of pyridine rings is 1. The van der Waals surface area contributed by atoms with Crippen LogP contribution in [0.15, 0.2) is 35.1 Å². The van der Waals surface area contributed by atoms with Crippen LogP contribution < -0.4 is 10.6 Å². The predicted octanol–water partition coefficient (Wildman–Crippen LogP) is 2.35. The molecule has 4 rings (SSSR count). The van der Waals surface area contributed by atoms with Gasteiger partial charge in [0.1, 0.15) is 11.4 Å². The Morgan fingerprint density at radius 3 is 2.59 bits per heavy atom. The summed E-state index contributed by atoms with van der Waals surface area (Å²) in [4.78, 5) is 11.4. The first-order valence-electron chi connectivity index (χ1n) is 9.27. The van der Waals surface area contributed by atoms with Crippen molar-refractivity contribution in [1.29, 1.82) is 0 Å². The molecule has 2 N–H and O–H groups in total. The fourth-order valence-electron chi connectivity index (χ4n) is 3.25. The van der Waals surface area contributed by atoms with Gasteiger partial charge in [-0.3, -0.25) is 4.68 Å². The van der Waals surface area contributed by atoms with E-state index >= 15 is 0 Å². The van der Waals surface area contributed by atoms with Crippen LogP contribution in [0.1, 0.15) is 38.3 Å². The van der Waals surface area contributed by atoms with Gasteiger partial charge in [-0.2, -0.15) is 10.1 Å². The summed E-state index contributed by atoms with van der Waals surface area (Å²) in [5.41, 5.74) is 7.22. The number of nitrogens with two attached hydrogens (primary N) is 1. The molecule has 4 heterocycles. The van der Waals surface area contributed by atoms with Crippen LogP contribution in [-0.2, 0) is 5.54 Å². The van der Waals surface area contributed by atoms with Crippen molar-refractivity contribution >= 4 is 5.82 Å². The Bertz CT molecular complexity index is 904. The SMILES string of the molecule is Cc1ccn(C(C)(C)c2nc(-c3ccc(N4CCC(N)CC4)nc3)no2)n1. The minimum Gasteiger partial charge on any atom is -0.357 e. The van der Waals surface area contributed by atoms with Gasteiger partial charge in [-0.25, -0.2) is 4.98 Å². The Balaban J connectivity index is 1.53. The molecule has 8 nitrogen and oxygen atoms in total. The monoisotopic (exact) mass is 367 g/mol. The van der Waals surface area contributed by atoms with E-state index in [1.807, 2.05) is 49.8 Å². The number of hydrogen-bond donors (Lipinski definition) is 1. The first kappa shape index (κ1) is 17.7. The molecule has 0 spiro atoms. The molecular weight excluding hydrogens is 342 g/mol. The number of rotatable bonds is 4. The van der Waals surface area contributed by atoms with E-state index in [4.69, 9.17) is 10.3 Å². The summed E-state index contributed by atoms with van der Waals surface area (Å²) in [5.74, 6) is 2.00. The van der Waals surface area contributed by atoms with Crippen LogP contribution in [0.25, 0.3) is 11.4 Å². The number of aryl methyl sites for hydroxylation is 1. The normalized spacial score (nSPS) is 16.1. The number of nitrogens with zero attached hydrogens (tertiary/aromatic N) is 6. The summed E-state index contributed by atoms with van der Waals surface area (Å²) in [5, 5.41) is 8.61. The minimum atomic E-state index is -0.528. The molecule has 1 aliphatic heterocycles. The second kappa shape index (κ2) is 6.77. The van der Waals surface area contributed by atoms with Gasteiger partial charge < -0.3 is 15.2 Å². The quantitative estimate of drug-likeness (QED) is 0.755. The van der Waals surface area contributed by atoms with Crippen molar-refractivity contribution in [3.8, 4) is 11.4 Å². The Hall–Kier alpha value is -2.74. The van der Waals surface area contributed by atoms with Gasteiger partial charge in [0.05, 0.1) is 5.69 Å². The molecule has 142 valence electrons. The first-order valence-corrected chi connectivity index (χ1v) is 9.27. The van der Waals surface area contributed by atoms with Gasteiger partial charge in [0.15, 0.2) is 0 Å². The molecule has 0 unspecified atom stereocenters. The van der Waals surface area contributed by atoms with E-state index in [1.165, 1.54) is 0 Å². The summed E-state index contributed by atoms with van der Waals surface area (Å²) in [6, 6.07) is 6.25. The maximum Gasteiger partial charge on any atom is 0.254 e. The molecule has 0 radical (unpaired) electrons. The van der Waals surface area contributed by atoms with Gasteiger partial charge in [-0.1, -0.05) is 5.16 Å². The van der Waals surface area contributed by atoms with Crippen molar-refractivity contribution in [2.24, 2.45) is 5.73 Å². The van der Waals surface area contributed by atoms with E-state index in [-0.39, 0.29) is 0 Å². The number of anilines is 1. The van der Waals surface area contributed by atoms with Crippen molar-refractivity contribution in [1.82, 2.24) is 24.9 Å². The van der Waals surface area contributed by atoms with Crippen molar-refractivity contribution in [3.05, 3.63) is 42.2 Å². The lowest BCUT2D eigenvalue weighted by molar-refractivity contribution is 0.261. The lowest BCUT2D eigenvalue weighted by Gasteiger charge is -2.31. The molecular formula is C19H25N7O. The number of hydrogen-bond acceptors (Lipinski definition) is 7. The predicted molar refractivity (Wildman–Crippen MR) is 102 cm³/mol. The summed E-state index contributed by atoms with van der Waals surface area (Å²) < 4.78 is 7.37. The van der Waals surface area contributed by atoms with Crippen LogP contribution in [0.4, 0.5) is 5.82 Å². The summed E-state index contributed by atoms with van der Waals surface area (Å²) in [6.45, 7) is 7.84. The number of piperidine rings is 1. The molecule has 0 bridgehead atoms. The van der Waals surface area contributed by atoms with Crippen molar-refractivity contribution in [3.63, 3.8) is 0 Å². The average Bonchev–Trinajstić information content (AvgIpc) is 3.32. The third-order valence-corrected chi connectivity index (χ3v) is 5.11. The molecule has 0 saturated carbocycles. The molecule has 0 atom stereocenters. The molecule has 1 saturated heterocycles. The highest BCUT2D eigenvalue weighted by atomic mass is 16.5. The van der Waals surface area contributed by atoms with E-state index < -0.39 is 5.54 Å².